The topological polar surface area (TPSA) is 90.4 Å². The number of nitrogens with two attached hydrogens (primary N) is 1. The molecule has 106 valence electrons. The zero-order valence-electron chi connectivity index (χ0n) is 10.8. The molecule has 0 aliphatic rings. The van der Waals surface area contributed by atoms with Gasteiger partial charge in [-0.05, 0) is 25.5 Å². The zero-order chi connectivity index (χ0) is 14.3. The van der Waals surface area contributed by atoms with E-state index >= 15 is 0 Å². The summed E-state index contributed by atoms with van der Waals surface area (Å²) in [6.45, 7) is 1.13. The fourth-order valence-electron chi connectivity index (χ4n) is 1.72. The Morgan fingerprint density at radius 3 is 2.84 bits per heavy atom. The number of nitro groups is 1. The average molecular weight is 288 g/mol. The molecule has 0 saturated heterocycles. The van der Waals surface area contributed by atoms with Gasteiger partial charge in [0.2, 0.25) is 0 Å². The third-order valence-corrected chi connectivity index (χ3v) is 2.96. The van der Waals surface area contributed by atoms with Gasteiger partial charge >= 0.3 is 0 Å². The SMILES string of the molecule is COCC(CCCN)Nc1ccc([N+](=O)[O-])cc1Cl. The predicted molar refractivity (Wildman–Crippen MR) is 75.7 cm³/mol. The number of benzene rings is 1. The Morgan fingerprint density at radius 2 is 2.32 bits per heavy atom. The van der Waals surface area contributed by atoms with Gasteiger partial charge in [0.1, 0.15) is 0 Å². The maximum Gasteiger partial charge on any atom is 0.271 e. The van der Waals surface area contributed by atoms with Crippen molar-refractivity contribution in [2.75, 3.05) is 25.6 Å². The molecule has 0 amide bonds. The number of rotatable bonds is 8. The molecule has 0 fully saturated rings. The summed E-state index contributed by atoms with van der Waals surface area (Å²) >= 11 is 6.02. The minimum atomic E-state index is -0.475. The Morgan fingerprint density at radius 1 is 1.58 bits per heavy atom. The molecule has 0 aromatic heterocycles. The molecule has 0 spiro atoms. The lowest BCUT2D eigenvalue weighted by Gasteiger charge is -2.19. The highest BCUT2D eigenvalue weighted by Crippen LogP contribution is 2.27. The summed E-state index contributed by atoms with van der Waals surface area (Å²) in [4.78, 5) is 10.1. The van der Waals surface area contributed by atoms with Gasteiger partial charge in [-0.1, -0.05) is 11.6 Å². The van der Waals surface area contributed by atoms with Crippen LogP contribution < -0.4 is 11.1 Å². The van der Waals surface area contributed by atoms with E-state index in [2.05, 4.69) is 5.32 Å². The Labute approximate surface area is 117 Å². The van der Waals surface area contributed by atoms with E-state index < -0.39 is 4.92 Å². The van der Waals surface area contributed by atoms with Crippen molar-refractivity contribution in [3.8, 4) is 0 Å². The lowest BCUT2D eigenvalue weighted by atomic mass is 10.1. The molecule has 1 unspecified atom stereocenters. The van der Waals surface area contributed by atoms with Gasteiger partial charge in [0.15, 0.2) is 0 Å². The van der Waals surface area contributed by atoms with Crippen molar-refractivity contribution >= 4 is 23.0 Å². The van der Waals surface area contributed by atoms with Gasteiger partial charge in [0, 0.05) is 25.3 Å². The van der Waals surface area contributed by atoms with E-state index in [1.807, 2.05) is 0 Å². The van der Waals surface area contributed by atoms with Gasteiger partial charge in [-0.3, -0.25) is 10.1 Å². The number of ether oxygens (including phenoxy) is 1. The molecule has 1 aromatic carbocycles. The molecule has 0 aliphatic carbocycles. The van der Waals surface area contributed by atoms with Crippen LogP contribution in [-0.4, -0.2) is 31.2 Å². The number of hydrogen-bond donors (Lipinski definition) is 2. The van der Waals surface area contributed by atoms with Crippen LogP contribution >= 0.6 is 11.6 Å². The van der Waals surface area contributed by atoms with Crippen LogP contribution in [0.2, 0.25) is 5.02 Å². The van der Waals surface area contributed by atoms with Crippen LogP contribution in [0.15, 0.2) is 18.2 Å². The van der Waals surface area contributed by atoms with Crippen molar-refractivity contribution in [3.63, 3.8) is 0 Å². The van der Waals surface area contributed by atoms with Crippen LogP contribution in [0.25, 0.3) is 0 Å². The summed E-state index contributed by atoms with van der Waals surface area (Å²) in [5.74, 6) is 0. The number of halogens is 1. The van der Waals surface area contributed by atoms with E-state index in [0.717, 1.165) is 12.8 Å². The van der Waals surface area contributed by atoms with Crippen LogP contribution in [0.1, 0.15) is 12.8 Å². The summed E-state index contributed by atoms with van der Waals surface area (Å²) in [6.07, 6.45) is 1.71. The fourth-order valence-corrected chi connectivity index (χ4v) is 1.95. The van der Waals surface area contributed by atoms with E-state index in [4.69, 9.17) is 22.1 Å². The fraction of sp³-hybridized carbons (Fsp3) is 0.500. The van der Waals surface area contributed by atoms with Crippen molar-refractivity contribution in [2.45, 2.75) is 18.9 Å². The average Bonchev–Trinajstić information content (AvgIpc) is 2.38. The molecule has 19 heavy (non-hydrogen) atoms. The largest absolute Gasteiger partial charge is 0.383 e. The second-order valence-corrected chi connectivity index (χ2v) is 4.56. The molecule has 1 aromatic rings. The second kappa shape index (κ2) is 7.93. The van der Waals surface area contributed by atoms with Crippen LogP contribution in [-0.2, 0) is 4.74 Å². The van der Waals surface area contributed by atoms with Gasteiger partial charge in [-0.2, -0.15) is 0 Å². The molecule has 6 nitrogen and oxygen atoms in total. The maximum absolute atomic E-state index is 10.6. The Hall–Kier alpha value is -1.37. The first kappa shape index (κ1) is 15.7. The van der Waals surface area contributed by atoms with E-state index in [9.17, 15) is 10.1 Å². The molecular formula is C12H18ClN3O3. The summed E-state index contributed by atoms with van der Waals surface area (Å²) in [6, 6.07) is 4.43. The number of nitrogens with one attached hydrogen (secondary N) is 1. The summed E-state index contributed by atoms with van der Waals surface area (Å²) in [7, 11) is 1.62. The van der Waals surface area contributed by atoms with Crippen LogP contribution in [0.4, 0.5) is 11.4 Å². The highest BCUT2D eigenvalue weighted by molar-refractivity contribution is 6.33. The van der Waals surface area contributed by atoms with Crippen molar-refractivity contribution in [1.29, 1.82) is 0 Å². The van der Waals surface area contributed by atoms with Crippen molar-refractivity contribution in [3.05, 3.63) is 33.3 Å². The van der Waals surface area contributed by atoms with Gasteiger partial charge in [0.05, 0.1) is 22.2 Å². The number of nitrogens with zero attached hydrogens (tertiary/aromatic N) is 1. The first-order valence-corrected chi connectivity index (χ1v) is 6.35. The van der Waals surface area contributed by atoms with E-state index in [0.29, 0.717) is 23.9 Å². The molecule has 1 atom stereocenters. The second-order valence-electron chi connectivity index (χ2n) is 4.15. The number of non-ortho nitro benzene ring substituents is 1. The van der Waals surface area contributed by atoms with Crippen molar-refractivity contribution in [1.82, 2.24) is 0 Å². The Bertz CT molecular complexity index is 429. The zero-order valence-corrected chi connectivity index (χ0v) is 11.5. The maximum atomic E-state index is 10.6. The predicted octanol–water partition coefficient (Wildman–Crippen LogP) is 2.41. The molecule has 0 saturated carbocycles. The molecule has 0 bridgehead atoms. The quantitative estimate of drug-likeness (QED) is 0.566. The van der Waals surface area contributed by atoms with Gasteiger partial charge < -0.3 is 15.8 Å². The minimum Gasteiger partial charge on any atom is -0.383 e. The standard InChI is InChI=1S/C12H18ClN3O3/c1-19-8-9(3-2-6-14)15-12-5-4-10(16(17)18)7-11(12)13/h4-5,7,9,15H,2-3,6,8,14H2,1H3. The Kier molecular flexibility index (Phi) is 6.55. The minimum absolute atomic E-state index is 0.0270. The van der Waals surface area contributed by atoms with Gasteiger partial charge in [0.25, 0.3) is 5.69 Å². The third kappa shape index (κ3) is 5.02. The highest BCUT2D eigenvalue weighted by atomic mass is 35.5. The molecule has 0 heterocycles. The molecular weight excluding hydrogens is 270 g/mol. The van der Waals surface area contributed by atoms with Crippen LogP contribution in [0.3, 0.4) is 0 Å². The number of hydrogen-bond acceptors (Lipinski definition) is 5. The van der Waals surface area contributed by atoms with E-state index in [1.54, 1.807) is 13.2 Å². The van der Waals surface area contributed by atoms with Gasteiger partial charge in [-0.15, -0.1) is 0 Å². The first-order valence-electron chi connectivity index (χ1n) is 5.98. The number of anilines is 1. The lowest BCUT2D eigenvalue weighted by molar-refractivity contribution is -0.384. The van der Waals surface area contributed by atoms with E-state index in [1.165, 1.54) is 12.1 Å². The molecule has 3 N–H and O–H groups in total. The van der Waals surface area contributed by atoms with Gasteiger partial charge in [-0.25, -0.2) is 0 Å². The number of methoxy groups -OCH3 is 1. The molecule has 7 heteroatoms. The van der Waals surface area contributed by atoms with Crippen molar-refractivity contribution in [2.24, 2.45) is 5.73 Å². The normalized spacial score (nSPS) is 12.2. The monoisotopic (exact) mass is 287 g/mol. The summed E-state index contributed by atoms with van der Waals surface area (Å²) in [5, 5.41) is 14.2. The van der Waals surface area contributed by atoms with Crippen LogP contribution in [0, 0.1) is 10.1 Å². The summed E-state index contributed by atoms with van der Waals surface area (Å²) in [5.41, 5.74) is 6.11. The smallest absolute Gasteiger partial charge is 0.271 e. The Balaban J connectivity index is 2.75. The summed E-state index contributed by atoms with van der Waals surface area (Å²) < 4.78 is 5.12. The highest BCUT2D eigenvalue weighted by Gasteiger charge is 2.13. The van der Waals surface area contributed by atoms with Crippen LogP contribution in [0.5, 0.6) is 0 Å². The lowest BCUT2D eigenvalue weighted by Crippen LogP contribution is -2.26. The molecule has 0 radical (unpaired) electrons. The first-order chi connectivity index (χ1) is 9.08. The van der Waals surface area contributed by atoms with E-state index in [-0.39, 0.29) is 11.7 Å². The third-order valence-electron chi connectivity index (χ3n) is 2.65. The molecule has 1 rings (SSSR count). The van der Waals surface area contributed by atoms with Crippen molar-refractivity contribution < 1.29 is 9.66 Å². The number of nitro benzene ring substituents is 1. The molecule has 0 aliphatic heterocycles.